The molecule has 4 nitrogen and oxygen atoms in total. The Hall–Kier alpha value is -1.01. The van der Waals surface area contributed by atoms with E-state index >= 15 is 0 Å². The molecule has 0 unspecified atom stereocenters. The van der Waals surface area contributed by atoms with Crippen LogP contribution in [-0.4, -0.2) is 21.5 Å². The summed E-state index contributed by atoms with van der Waals surface area (Å²) in [6.07, 6.45) is 4.25. The molecule has 112 valence electrons. The summed E-state index contributed by atoms with van der Waals surface area (Å²) in [6, 6.07) is 0. The third kappa shape index (κ3) is 3.61. The van der Waals surface area contributed by atoms with E-state index in [0.717, 1.165) is 45.5 Å². The second-order valence-electron chi connectivity index (χ2n) is 5.42. The zero-order valence-electron chi connectivity index (χ0n) is 12.3. The minimum absolute atomic E-state index is 0.598. The number of aryl methyl sites for hydroxylation is 1. The van der Waals surface area contributed by atoms with Crippen molar-refractivity contribution in [1.82, 2.24) is 15.0 Å². The zero-order chi connectivity index (χ0) is 14.8. The number of halogens is 1. The van der Waals surface area contributed by atoms with Crippen molar-refractivity contribution in [3.8, 4) is 0 Å². The molecule has 0 amide bonds. The van der Waals surface area contributed by atoms with Gasteiger partial charge in [-0.3, -0.25) is 0 Å². The van der Waals surface area contributed by atoms with Gasteiger partial charge >= 0.3 is 0 Å². The molecule has 6 heteroatoms. The number of hydrogen-bond donors (Lipinski definition) is 1. The summed E-state index contributed by atoms with van der Waals surface area (Å²) in [5.74, 6) is 2.39. The van der Waals surface area contributed by atoms with Crippen LogP contribution in [0.25, 0.3) is 0 Å². The molecular weight excluding hydrogens is 348 g/mol. The van der Waals surface area contributed by atoms with Crippen molar-refractivity contribution in [3.63, 3.8) is 0 Å². The predicted molar refractivity (Wildman–Crippen MR) is 90.1 cm³/mol. The Labute approximate surface area is 137 Å². The van der Waals surface area contributed by atoms with Crippen LogP contribution >= 0.6 is 27.3 Å². The van der Waals surface area contributed by atoms with E-state index in [4.69, 9.17) is 4.98 Å². The molecule has 0 atom stereocenters. The van der Waals surface area contributed by atoms with Crippen LogP contribution < -0.4 is 5.32 Å². The second-order valence-corrected chi connectivity index (χ2v) is 7.28. The van der Waals surface area contributed by atoms with Gasteiger partial charge in [0.2, 0.25) is 0 Å². The van der Waals surface area contributed by atoms with Crippen LogP contribution in [0.5, 0.6) is 0 Å². The molecule has 2 aromatic heterocycles. The molecule has 3 rings (SSSR count). The Balaban J connectivity index is 1.89. The summed E-state index contributed by atoms with van der Waals surface area (Å²) in [7, 11) is 0. The van der Waals surface area contributed by atoms with Gasteiger partial charge in [0.15, 0.2) is 0 Å². The maximum atomic E-state index is 4.77. The highest BCUT2D eigenvalue weighted by atomic mass is 79.9. The highest BCUT2D eigenvalue weighted by Crippen LogP contribution is 2.43. The molecule has 21 heavy (non-hydrogen) atoms. The highest BCUT2D eigenvalue weighted by Gasteiger charge is 2.29. The summed E-state index contributed by atoms with van der Waals surface area (Å²) >= 11 is 5.35. The first-order valence-electron chi connectivity index (χ1n) is 7.38. The Kier molecular flexibility index (Phi) is 4.54. The van der Waals surface area contributed by atoms with Crippen molar-refractivity contribution in [2.24, 2.45) is 0 Å². The van der Waals surface area contributed by atoms with E-state index in [1.165, 1.54) is 12.8 Å². The molecule has 0 aromatic carbocycles. The maximum Gasteiger partial charge on any atom is 0.144 e. The average Bonchev–Trinajstić information content (AvgIpc) is 3.23. The van der Waals surface area contributed by atoms with E-state index in [1.54, 1.807) is 11.3 Å². The lowest BCUT2D eigenvalue weighted by Gasteiger charge is -2.12. The number of nitrogens with zero attached hydrogens (tertiary/aromatic N) is 3. The highest BCUT2D eigenvalue weighted by molar-refractivity contribution is 9.10. The Morgan fingerprint density at radius 3 is 2.76 bits per heavy atom. The van der Waals surface area contributed by atoms with E-state index in [0.29, 0.717) is 12.3 Å². The van der Waals surface area contributed by atoms with E-state index in [9.17, 15) is 0 Å². The molecule has 0 radical (unpaired) electrons. The Morgan fingerprint density at radius 2 is 2.14 bits per heavy atom. The van der Waals surface area contributed by atoms with E-state index < -0.39 is 0 Å². The first-order valence-corrected chi connectivity index (χ1v) is 9.05. The summed E-state index contributed by atoms with van der Waals surface area (Å²) in [5.41, 5.74) is 2.22. The van der Waals surface area contributed by atoms with Crippen LogP contribution in [-0.2, 0) is 6.42 Å². The maximum absolute atomic E-state index is 4.77. The standard InChI is InChI=1S/C15H19BrN4S/c1-3-6-17-15-13(16)14(10-4-5-10)19-12(20-15)7-11-8-21-9(2)18-11/h8,10H,3-7H2,1-2H3,(H,17,19,20). The average molecular weight is 367 g/mol. The fourth-order valence-electron chi connectivity index (χ4n) is 2.23. The Bertz CT molecular complexity index is 637. The lowest BCUT2D eigenvalue weighted by Crippen LogP contribution is -2.09. The molecule has 2 aromatic rings. The monoisotopic (exact) mass is 366 g/mol. The molecule has 2 heterocycles. The SMILES string of the molecule is CCCNc1nc(Cc2csc(C)n2)nc(C2CC2)c1Br. The van der Waals surface area contributed by atoms with Crippen LogP contribution in [0.15, 0.2) is 9.85 Å². The molecular formula is C15H19BrN4S. The van der Waals surface area contributed by atoms with Crippen molar-refractivity contribution in [3.05, 3.63) is 32.1 Å². The molecule has 1 saturated carbocycles. The number of hydrogen-bond acceptors (Lipinski definition) is 5. The van der Waals surface area contributed by atoms with E-state index in [2.05, 4.69) is 43.5 Å². The third-order valence-electron chi connectivity index (χ3n) is 3.44. The van der Waals surface area contributed by atoms with Gasteiger partial charge in [0, 0.05) is 17.8 Å². The quantitative estimate of drug-likeness (QED) is 0.827. The van der Waals surface area contributed by atoms with Crippen LogP contribution in [0.3, 0.4) is 0 Å². The van der Waals surface area contributed by atoms with Crippen molar-refractivity contribution in [2.75, 3.05) is 11.9 Å². The smallest absolute Gasteiger partial charge is 0.144 e. The van der Waals surface area contributed by atoms with Crippen molar-refractivity contribution >= 4 is 33.1 Å². The van der Waals surface area contributed by atoms with Crippen LogP contribution in [0, 0.1) is 6.92 Å². The molecule has 0 aliphatic heterocycles. The summed E-state index contributed by atoms with van der Waals surface area (Å²) < 4.78 is 1.04. The predicted octanol–water partition coefficient (Wildman–Crippen LogP) is 4.29. The number of rotatable bonds is 6. The van der Waals surface area contributed by atoms with Gasteiger partial charge in [0.25, 0.3) is 0 Å². The largest absolute Gasteiger partial charge is 0.369 e. The topological polar surface area (TPSA) is 50.7 Å². The first kappa shape index (κ1) is 14.9. The van der Waals surface area contributed by atoms with Crippen LogP contribution in [0.4, 0.5) is 5.82 Å². The van der Waals surface area contributed by atoms with Crippen LogP contribution in [0.2, 0.25) is 0 Å². The van der Waals surface area contributed by atoms with Crippen molar-refractivity contribution in [2.45, 2.75) is 45.4 Å². The molecule has 1 N–H and O–H groups in total. The summed E-state index contributed by atoms with van der Waals surface area (Å²) in [4.78, 5) is 14.0. The zero-order valence-corrected chi connectivity index (χ0v) is 14.7. The fourth-order valence-corrected chi connectivity index (χ4v) is 3.48. The van der Waals surface area contributed by atoms with Gasteiger partial charge in [-0.15, -0.1) is 11.3 Å². The molecule has 1 aliphatic carbocycles. The molecule has 1 fully saturated rings. The van der Waals surface area contributed by atoms with Crippen LogP contribution in [0.1, 0.15) is 54.3 Å². The molecule has 0 spiro atoms. The normalized spacial score (nSPS) is 14.4. The van der Waals surface area contributed by atoms with Gasteiger partial charge < -0.3 is 5.32 Å². The lowest BCUT2D eigenvalue weighted by atomic mass is 10.2. The minimum atomic E-state index is 0.598. The van der Waals surface area contributed by atoms with E-state index in [-0.39, 0.29) is 0 Å². The molecule has 1 aliphatic rings. The fraction of sp³-hybridized carbons (Fsp3) is 0.533. The first-order chi connectivity index (χ1) is 10.2. The summed E-state index contributed by atoms with van der Waals surface area (Å²) in [6.45, 7) is 5.11. The van der Waals surface area contributed by atoms with Gasteiger partial charge in [0.05, 0.1) is 27.3 Å². The number of nitrogens with one attached hydrogen (secondary N) is 1. The van der Waals surface area contributed by atoms with E-state index in [1.807, 2.05) is 6.92 Å². The number of aromatic nitrogens is 3. The number of thiazole rings is 1. The second kappa shape index (κ2) is 6.40. The minimum Gasteiger partial charge on any atom is -0.369 e. The summed E-state index contributed by atoms with van der Waals surface area (Å²) in [5, 5.41) is 6.59. The van der Waals surface area contributed by atoms with Crippen molar-refractivity contribution < 1.29 is 0 Å². The molecule has 0 saturated heterocycles. The van der Waals surface area contributed by atoms with Gasteiger partial charge in [-0.05, 0) is 42.1 Å². The molecule has 0 bridgehead atoms. The Morgan fingerprint density at radius 1 is 1.33 bits per heavy atom. The lowest BCUT2D eigenvalue weighted by molar-refractivity contribution is 0.868. The van der Waals surface area contributed by atoms with Gasteiger partial charge in [-0.2, -0.15) is 0 Å². The van der Waals surface area contributed by atoms with Gasteiger partial charge in [-0.25, -0.2) is 15.0 Å². The van der Waals surface area contributed by atoms with Crippen molar-refractivity contribution in [1.29, 1.82) is 0 Å². The van der Waals surface area contributed by atoms with Gasteiger partial charge in [0.1, 0.15) is 11.6 Å². The third-order valence-corrected chi connectivity index (χ3v) is 5.04. The van der Waals surface area contributed by atoms with Gasteiger partial charge in [-0.1, -0.05) is 6.92 Å². The number of anilines is 1.